The summed E-state index contributed by atoms with van der Waals surface area (Å²) in [5, 5.41) is 3.86. The number of fused-ring (bicyclic) bond motifs is 1. The lowest BCUT2D eigenvalue weighted by Crippen LogP contribution is -2.48. The van der Waals surface area contributed by atoms with Gasteiger partial charge in [0.2, 0.25) is 11.8 Å². The van der Waals surface area contributed by atoms with E-state index in [4.69, 9.17) is 10.5 Å². The highest BCUT2D eigenvalue weighted by Gasteiger charge is 2.44. The molecule has 2 aliphatic rings. The van der Waals surface area contributed by atoms with Gasteiger partial charge in [0.15, 0.2) is 0 Å². The van der Waals surface area contributed by atoms with E-state index >= 15 is 0 Å². The van der Waals surface area contributed by atoms with Gasteiger partial charge in [0.1, 0.15) is 18.4 Å². The normalized spacial score (nSPS) is 23.4. The monoisotopic (exact) mass is 562 g/mol. The molecule has 2 fully saturated rings. The lowest BCUT2D eigenvalue weighted by atomic mass is 9.78. The number of nitrogens with two attached hydrogens (primary N) is 1. The molecule has 3 aromatic rings. The first kappa shape index (κ1) is 28.8. The molecule has 5 rings (SSSR count). The van der Waals surface area contributed by atoms with Crippen LogP contribution in [-0.2, 0) is 21.4 Å². The summed E-state index contributed by atoms with van der Waals surface area (Å²) in [6.45, 7) is 2.00. The molecule has 8 nitrogen and oxygen atoms in total. The van der Waals surface area contributed by atoms with Gasteiger partial charge in [-0.25, -0.2) is 9.18 Å². The highest BCUT2D eigenvalue weighted by atomic mass is 19.1. The van der Waals surface area contributed by atoms with Gasteiger partial charge in [-0.3, -0.25) is 9.59 Å². The maximum Gasteiger partial charge on any atom is 0.354 e. The van der Waals surface area contributed by atoms with Gasteiger partial charge in [-0.05, 0) is 74.8 Å². The highest BCUT2D eigenvalue weighted by molar-refractivity contribution is 6.01. The van der Waals surface area contributed by atoms with Crippen LogP contribution >= 0.6 is 0 Å². The van der Waals surface area contributed by atoms with Gasteiger partial charge in [0, 0.05) is 48.1 Å². The molecule has 0 spiro atoms. The fourth-order valence-electron chi connectivity index (χ4n) is 6.61. The van der Waals surface area contributed by atoms with Crippen molar-refractivity contribution in [3.05, 3.63) is 65.9 Å². The van der Waals surface area contributed by atoms with Crippen molar-refractivity contribution in [2.75, 3.05) is 25.1 Å². The molecule has 3 atom stereocenters. The quantitative estimate of drug-likeness (QED) is 0.385. The number of carbonyl (C=O) groups excluding carboxylic acids is 3. The van der Waals surface area contributed by atoms with Crippen LogP contribution in [0.2, 0.25) is 0 Å². The summed E-state index contributed by atoms with van der Waals surface area (Å²) >= 11 is 0. The Hall–Kier alpha value is -3.72. The molecule has 0 radical (unpaired) electrons. The van der Waals surface area contributed by atoms with E-state index in [2.05, 4.69) is 5.32 Å². The van der Waals surface area contributed by atoms with Gasteiger partial charge >= 0.3 is 5.97 Å². The Kier molecular flexibility index (Phi) is 8.73. The summed E-state index contributed by atoms with van der Waals surface area (Å²) in [7, 11) is 1.80. The fourth-order valence-corrected chi connectivity index (χ4v) is 6.61. The smallest absolute Gasteiger partial charge is 0.354 e. The third-order valence-electron chi connectivity index (χ3n) is 8.88. The number of nitrogens with one attached hydrogen (secondary N) is 1. The molecule has 2 amide bonds. The second-order valence-electron chi connectivity index (χ2n) is 11.3. The summed E-state index contributed by atoms with van der Waals surface area (Å²) in [6, 6.07) is 16.0. The molecule has 2 aromatic carbocycles. The van der Waals surface area contributed by atoms with E-state index in [1.807, 2.05) is 48.5 Å². The van der Waals surface area contributed by atoms with Crippen molar-refractivity contribution < 1.29 is 23.5 Å². The number of halogens is 1. The van der Waals surface area contributed by atoms with E-state index in [9.17, 15) is 18.8 Å². The SMILES string of the molecule is CCOC(=O)c1cc2cc(NC(=O)[C@@H]3[C@@H](c4ccccc4)CCN3C(=O)C3CCC(C(N)CF)CC3)ccc2n1C. The Bertz CT molecular complexity index is 1400. The summed E-state index contributed by atoms with van der Waals surface area (Å²) < 4.78 is 20.0. The Morgan fingerprint density at radius 1 is 1.05 bits per heavy atom. The topological polar surface area (TPSA) is 107 Å². The van der Waals surface area contributed by atoms with Gasteiger partial charge < -0.3 is 25.3 Å². The van der Waals surface area contributed by atoms with Crippen molar-refractivity contribution in [3.8, 4) is 0 Å². The molecule has 3 N–H and O–H groups in total. The molecule has 1 saturated carbocycles. The predicted molar refractivity (Wildman–Crippen MR) is 156 cm³/mol. The minimum absolute atomic E-state index is 0.00607. The Balaban J connectivity index is 1.37. The van der Waals surface area contributed by atoms with E-state index in [0.717, 1.165) is 29.3 Å². The maximum absolute atomic E-state index is 13.9. The van der Waals surface area contributed by atoms with Crippen LogP contribution in [0.4, 0.5) is 10.1 Å². The summed E-state index contributed by atoms with van der Waals surface area (Å²) in [4.78, 5) is 41.9. The van der Waals surface area contributed by atoms with Gasteiger partial charge in [0.25, 0.3) is 0 Å². The lowest BCUT2D eigenvalue weighted by Gasteiger charge is -2.35. The first-order chi connectivity index (χ1) is 19.8. The number of aryl methyl sites for hydroxylation is 1. The zero-order valence-electron chi connectivity index (χ0n) is 23.7. The van der Waals surface area contributed by atoms with Crippen molar-refractivity contribution in [2.24, 2.45) is 24.6 Å². The van der Waals surface area contributed by atoms with Crippen molar-refractivity contribution in [1.82, 2.24) is 9.47 Å². The van der Waals surface area contributed by atoms with Crippen LogP contribution in [0, 0.1) is 11.8 Å². The largest absolute Gasteiger partial charge is 0.461 e. The number of alkyl halides is 1. The summed E-state index contributed by atoms with van der Waals surface area (Å²) in [6.07, 6.45) is 3.45. The number of rotatable bonds is 8. The third kappa shape index (κ3) is 5.86. The van der Waals surface area contributed by atoms with Crippen LogP contribution in [0.15, 0.2) is 54.6 Å². The second kappa shape index (κ2) is 12.4. The van der Waals surface area contributed by atoms with E-state index in [0.29, 0.717) is 37.2 Å². The number of carbonyl (C=O) groups is 3. The highest BCUT2D eigenvalue weighted by Crippen LogP contribution is 2.38. The number of anilines is 1. The molecular weight excluding hydrogens is 523 g/mol. The number of benzene rings is 2. The predicted octanol–water partition coefficient (Wildman–Crippen LogP) is 4.78. The Labute approximate surface area is 240 Å². The number of likely N-dealkylation sites (tertiary alicyclic amines) is 1. The first-order valence-electron chi connectivity index (χ1n) is 14.6. The van der Waals surface area contributed by atoms with Crippen molar-refractivity contribution in [3.63, 3.8) is 0 Å². The minimum Gasteiger partial charge on any atom is -0.461 e. The zero-order valence-corrected chi connectivity index (χ0v) is 23.7. The van der Waals surface area contributed by atoms with Gasteiger partial charge in [-0.15, -0.1) is 0 Å². The molecule has 1 aromatic heterocycles. The van der Waals surface area contributed by atoms with E-state index in [-0.39, 0.29) is 36.2 Å². The van der Waals surface area contributed by atoms with Gasteiger partial charge in [0.05, 0.1) is 6.61 Å². The molecule has 0 bridgehead atoms. The molecular formula is C32H39FN4O4. The lowest BCUT2D eigenvalue weighted by molar-refractivity contribution is -0.141. The van der Waals surface area contributed by atoms with E-state index in [1.54, 1.807) is 29.5 Å². The zero-order chi connectivity index (χ0) is 29.1. The standard InChI is InChI=1S/C32H39FN4O4/c1-3-41-32(40)28-18-23-17-24(13-14-27(23)36(28)2)35-30(38)29-25(20-7-5-4-6-8-20)15-16-37(29)31(39)22-11-9-21(10-12-22)26(34)19-33/h4-8,13-14,17-18,21-22,25-26,29H,3,9-12,15-16,19,34H2,1-2H3,(H,35,38)/t21?,22?,25-,26?,29+/m1/s1. The van der Waals surface area contributed by atoms with Crippen molar-refractivity contribution >= 4 is 34.4 Å². The van der Waals surface area contributed by atoms with Crippen molar-refractivity contribution in [1.29, 1.82) is 0 Å². The molecule has 9 heteroatoms. The number of nitrogens with zero attached hydrogens (tertiary/aromatic N) is 2. The molecule has 1 saturated heterocycles. The van der Waals surface area contributed by atoms with Crippen LogP contribution in [0.3, 0.4) is 0 Å². The average molecular weight is 563 g/mol. The molecule has 2 heterocycles. The molecule has 1 unspecified atom stereocenters. The number of ether oxygens (including phenoxy) is 1. The van der Waals surface area contributed by atoms with Crippen LogP contribution < -0.4 is 11.1 Å². The first-order valence-corrected chi connectivity index (χ1v) is 14.6. The van der Waals surface area contributed by atoms with Crippen LogP contribution in [0.1, 0.15) is 61.0 Å². The number of hydrogen-bond acceptors (Lipinski definition) is 5. The Morgan fingerprint density at radius 2 is 1.78 bits per heavy atom. The molecule has 218 valence electrons. The average Bonchev–Trinajstić information content (AvgIpc) is 3.58. The molecule has 1 aliphatic carbocycles. The van der Waals surface area contributed by atoms with Crippen molar-refractivity contribution in [2.45, 2.75) is 57.0 Å². The molecule has 1 aliphatic heterocycles. The number of aromatic nitrogens is 1. The number of amides is 2. The van der Waals surface area contributed by atoms with Crippen LogP contribution in [0.5, 0.6) is 0 Å². The Morgan fingerprint density at radius 3 is 2.46 bits per heavy atom. The van der Waals surface area contributed by atoms with E-state index < -0.39 is 24.7 Å². The maximum atomic E-state index is 13.9. The summed E-state index contributed by atoms with van der Waals surface area (Å²) in [5.74, 6) is -0.872. The van der Waals surface area contributed by atoms with Crippen LogP contribution in [-0.4, -0.2) is 59.2 Å². The van der Waals surface area contributed by atoms with Crippen LogP contribution in [0.25, 0.3) is 10.9 Å². The molecule has 41 heavy (non-hydrogen) atoms. The summed E-state index contributed by atoms with van der Waals surface area (Å²) in [5.41, 5.74) is 8.83. The second-order valence-corrected chi connectivity index (χ2v) is 11.3. The number of esters is 1. The van der Waals surface area contributed by atoms with E-state index in [1.165, 1.54) is 0 Å². The number of hydrogen-bond donors (Lipinski definition) is 2. The van der Waals surface area contributed by atoms with Gasteiger partial charge in [-0.2, -0.15) is 0 Å². The fraction of sp³-hybridized carbons (Fsp3) is 0.469. The van der Waals surface area contributed by atoms with Gasteiger partial charge in [-0.1, -0.05) is 30.3 Å². The minimum atomic E-state index is -0.655. The third-order valence-corrected chi connectivity index (χ3v) is 8.88.